The molecule has 12 heteroatoms. The van der Waals surface area contributed by atoms with E-state index in [0.717, 1.165) is 0 Å². The molecule has 3 N–H and O–H groups in total. The molecule has 0 saturated carbocycles. The first-order valence-corrected chi connectivity index (χ1v) is 11.5. The second kappa shape index (κ2) is 9.74. The third kappa shape index (κ3) is 4.49. The Balaban J connectivity index is 1.73. The molecular formula is C25H24N8O4. The minimum Gasteiger partial charge on any atom is -0.478 e. The first-order chi connectivity index (χ1) is 17.9. The topological polar surface area (TPSA) is 159 Å². The van der Waals surface area contributed by atoms with E-state index in [1.54, 1.807) is 68.4 Å². The summed E-state index contributed by atoms with van der Waals surface area (Å²) in [7, 11) is 0. The van der Waals surface area contributed by atoms with Gasteiger partial charge in [-0.15, -0.1) is 5.10 Å². The first-order valence-electron chi connectivity index (χ1n) is 11.5. The highest BCUT2D eigenvalue weighted by atomic mass is 16.5. The number of aliphatic carboxylic acids is 1. The normalized spacial score (nSPS) is 18.1. The number of nitrogens with zero attached hydrogens (tertiary/aromatic N) is 6. The maximum absolute atomic E-state index is 13.4. The lowest BCUT2D eigenvalue weighted by Crippen LogP contribution is -2.58. The predicted octanol–water partition coefficient (Wildman–Crippen LogP) is 1.52. The fourth-order valence-electron chi connectivity index (χ4n) is 4.67. The highest BCUT2D eigenvalue weighted by molar-refractivity contribution is 5.97. The number of aromatic nitrogens is 6. The van der Waals surface area contributed by atoms with Crippen molar-refractivity contribution in [1.29, 1.82) is 0 Å². The molecular weight excluding hydrogens is 476 g/mol. The van der Waals surface area contributed by atoms with Crippen molar-refractivity contribution in [3.05, 3.63) is 89.0 Å². The Morgan fingerprint density at radius 2 is 1.81 bits per heavy atom. The highest BCUT2D eigenvalue weighted by Crippen LogP contribution is 2.42. The number of rotatable bonds is 7. The van der Waals surface area contributed by atoms with Crippen LogP contribution in [0.2, 0.25) is 0 Å². The smallest absolute Gasteiger partial charge is 0.347 e. The minimum absolute atomic E-state index is 0.0637. The van der Waals surface area contributed by atoms with Gasteiger partial charge in [0.05, 0.1) is 13.1 Å². The molecule has 0 radical (unpaired) electrons. The van der Waals surface area contributed by atoms with Crippen molar-refractivity contribution >= 4 is 17.6 Å². The van der Waals surface area contributed by atoms with E-state index in [1.807, 2.05) is 6.07 Å². The van der Waals surface area contributed by atoms with Crippen LogP contribution in [-0.2, 0) is 21.7 Å². The molecule has 0 fully saturated rings. The summed E-state index contributed by atoms with van der Waals surface area (Å²) < 4.78 is 6.07. The summed E-state index contributed by atoms with van der Waals surface area (Å²) >= 11 is 0. The Labute approximate surface area is 211 Å². The van der Waals surface area contributed by atoms with E-state index < -0.39 is 17.6 Å². The Morgan fingerprint density at radius 3 is 2.49 bits per heavy atom. The molecule has 0 bridgehead atoms. The van der Waals surface area contributed by atoms with Gasteiger partial charge in [-0.25, -0.2) is 19.9 Å². The molecule has 2 aromatic carbocycles. The summed E-state index contributed by atoms with van der Waals surface area (Å²) in [6.45, 7) is 3.43. The number of ether oxygens (including phenoxy) is 1. The zero-order chi connectivity index (χ0) is 26.0. The second-order valence-electron chi connectivity index (χ2n) is 8.64. The predicted molar refractivity (Wildman–Crippen MR) is 131 cm³/mol. The minimum atomic E-state index is -1.54. The summed E-state index contributed by atoms with van der Waals surface area (Å²) in [6.07, 6.45) is -1.54. The van der Waals surface area contributed by atoms with Crippen molar-refractivity contribution < 1.29 is 19.4 Å². The molecule has 37 heavy (non-hydrogen) atoms. The number of amides is 1. The van der Waals surface area contributed by atoms with Crippen molar-refractivity contribution in [2.45, 2.75) is 32.0 Å². The average Bonchev–Trinajstić information content (AvgIpc) is 3.36. The van der Waals surface area contributed by atoms with E-state index in [1.165, 1.54) is 4.90 Å². The number of aryl methyl sites for hydroxylation is 2. The van der Waals surface area contributed by atoms with Crippen molar-refractivity contribution in [3.63, 3.8) is 0 Å². The van der Waals surface area contributed by atoms with Gasteiger partial charge >= 0.3 is 12.0 Å². The Bertz CT molecular complexity index is 1410. The van der Waals surface area contributed by atoms with Gasteiger partial charge in [0.15, 0.2) is 5.82 Å². The number of hydrogen-bond donors (Lipinski definition) is 3. The Morgan fingerprint density at radius 1 is 1.11 bits per heavy atom. The molecule has 1 aliphatic rings. The van der Waals surface area contributed by atoms with Gasteiger partial charge in [-0.2, -0.15) is 0 Å². The fourth-order valence-corrected chi connectivity index (χ4v) is 4.67. The van der Waals surface area contributed by atoms with Gasteiger partial charge in [0.25, 0.3) is 0 Å². The van der Waals surface area contributed by atoms with Crippen LogP contribution in [0.15, 0.2) is 60.7 Å². The van der Waals surface area contributed by atoms with Gasteiger partial charge in [0, 0.05) is 22.6 Å². The molecule has 188 valence electrons. The Kier molecular flexibility index (Phi) is 6.32. The number of carboxylic acid groups (broad SMARTS) is 1. The van der Waals surface area contributed by atoms with Crippen LogP contribution in [0.5, 0.6) is 6.01 Å². The van der Waals surface area contributed by atoms with Gasteiger partial charge in [-0.05, 0) is 42.0 Å². The number of tetrazole rings is 1. The molecule has 2 atom stereocenters. The van der Waals surface area contributed by atoms with Crippen LogP contribution in [0.4, 0.5) is 5.69 Å². The summed E-state index contributed by atoms with van der Waals surface area (Å²) in [6, 6.07) is 17.8. The van der Waals surface area contributed by atoms with E-state index in [2.05, 4.69) is 35.9 Å². The largest absolute Gasteiger partial charge is 0.478 e. The molecule has 0 spiro atoms. The third-order valence-electron chi connectivity index (χ3n) is 6.17. The number of anilines is 1. The number of hydrogen-bond acceptors (Lipinski definition) is 9. The number of carbonyl (C=O) groups is 2. The van der Waals surface area contributed by atoms with Gasteiger partial charge < -0.3 is 14.7 Å². The molecule has 4 aromatic rings. The SMILES string of the molecule is Cc1cc(C)nc(OC(C(=O)O)C2(c3ccccc3)NCC(=O)N(Cc3nnn[nH]3)c3ccccc32)n1. The molecule has 1 aliphatic heterocycles. The number of H-pyrrole nitrogens is 1. The lowest BCUT2D eigenvalue weighted by Gasteiger charge is -2.39. The quantitative estimate of drug-likeness (QED) is 0.339. The number of carboxylic acids is 1. The fraction of sp³-hybridized carbons (Fsp3) is 0.240. The van der Waals surface area contributed by atoms with Gasteiger partial charge in [0.1, 0.15) is 5.54 Å². The van der Waals surface area contributed by atoms with Crippen LogP contribution in [-0.4, -0.2) is 60.2 Å². The van der Waals surface area contributed by atoms with Gasteiger partial charge in [-0.1, -0.05) is 48.5 Å². The number of aromatic amines is 1. The van der Waals surface area contributed by atoms with Crippen molar-refractivity contribution in [2.75, 3.05) is 11.4 Å². The van der Waals surface area contributed by atoms with Crippen LogP contribution in [0.1, 0.15) is 28.3 Å². The van der Waals surface area contributed by atoms with Crippen molar-refractivity contribution in [1.82, 2.24) is 35.9 Å². The van der Waals surface area contributed by atoms with Crippen LogP contribution in [0.3, 0.4) is 0 Å². The first kappa shape index (κ1) is 24.0. The maximum Gasteiger partial charge on any atom is 0.347 e. The van der Waals surface area contributed by atoms with E-state index in [4.69, 9.17) is 4.74 Å². The standard InChI is InChI=1S/C25H24N8O4/c1-15-12-16(2)28-24(27-15)37-22(23(35)36)25(17-8-4-3-5-9-17)18-10-6-7-11-19(18)33(21(34)13-26-25)14-20-29-31-32-30-20/h3-12,22,26H,13-14H2,1-2H3,(H,35,36)(H,29,30,31,32). The number of fused-ring (bicyclic) bond motifs is 1. The molecule has 3 heterocycles. The number of benzene rings is 2. The molecule has 0 saturated heterocycles. The third-order valence-corrected chi connectivity index (χ3v) is 6.17. The zero-order valence-corrected chi connectivity index (χ0v) is 20.1. The van der Waals surface area contributed by atoms with Gasteiger partial charge in [-0.3, -0.25) is 10.1 Å². The summed E-state index contributed by atoms with van der Waals surface area (Å²) in [5.74, 6) is -1.17. The lowest BCUT2D eigenvalue weighted by atomic mass is 9.77. The summed E-state index contributed by atoms with van der Waals surface area (Å²) in [5, 5.41) is 27.6. The molecule has 1 amide bonds. The van der Waals surface area contributed by atoms with Crippen LogP contribution in [0.25, 0.3) is 0 Å². The molecule has 12 nitrogen and oxygen atoms in total. The van der Waals surface area contributed by atoms with Crippen LogP contribution >= 0.6 is 0 Å². The van der Waals surface area contributed by atoms with E-state index in [-0.39, 0.29) is 25.0 Å². The maximum atomic E-state index is 13.4. The number of para-hydroxylation sites is 1. The van der Waals surface area contributed by atoms with E-state index >= 15 is 0 Å². The molecule has 0 aliphatic carbocycles. The average molecular weight is 501 g/mol. The highest BCUT2D eigenvalue weighted by Gasteiger charge is 2.52. The van der Waals surface area contributed by atoms with E-state index in [0.29, 0.717) is 34.0 Å². The van der Waals surface area contributed by atoms with Crippen molar-refractivity contribution in [2.24, 2.45) is 0 Å². The molecule has 2 aromatic heterocycles. The van der Waals surface area contributed by atoms with Crippen LogP contribution in [0, 0.1) is 13.8 Å². The molecule has 2 unspecified atom stereocenters. The van der Waals surface area contributed by atoms with Crippen molar-refractivity contribution in [3.8, 4) is 6.01 Å². The second-order valence-corrected chi connectivity index (χ2v) is 8.64. The Hall–Kier alpha value is -4.71. The monoisotopic (exact) mass is 500 g/mol. The van der Waals surface area contributed by atoms with E-state index in [9.17, 15) is 14.7 Å². The number of nitrogens with one attached hydrogen (secondary N) is 2. The van der Waals surface area contributed by atoms with Gasteiger partial charge in [0.2, 0.25) is 12.0 Å². The lowest BCUT2D eigenvalue weighted by molar-refractivity contribution is -0.149. The zero-order valence-electron chi connectivity index (χ0n) is 20.1. The summed E-state index contributed by atoms with van der Waals surface area (Å²) in [5.41, 5.74) is 1.39. The van der Waals surface area contributed by atoms with Crippen LogP contribution < -0.4 is 15.0 Å². The summed E-state index contributed by atoms with van der Waals surface area (Å²) in [4.78, 5) is 36.5. The molecule has 5 rings (SSSR count). The number of carbonyl (C=O) groups excluding carboxylic acids is 1.